The molecule has 0 fully saturated rings. The highest BCUT2D eigenvalue weighted by atomic mass is 32.2. The maximum atomic E-state index is 10.7. The van der Waals surface area contributed by atoms with Crippen LogP contribution in [-0.4, -0.2) is 17.5 Å². The molecule has 0 atom stereocenters. The smallest absolute Gasteiger partial charge is 0.186 e. The van der Waals surface area contributed by atoms with Crippen LogP contribution in [0.4, 0.5) is 0 Å². The molecule has 0 aliphatic carbocycles. The Hall–Kier alpha value is -1.22. The van der Waals surface area contributed by atoms with Crippen molar-refractivity contribution >= 4 is 23.0 Å². The molecule has 0 bridgehead atoms. The third-order valence-corrected chi connectivity index (χ3v) is 3.11. The van der Waals surface area contributed by atoms with E-state index in [1.54, 1.807) is 6.92 Å². The minimum atomic E-state index is 0.152. The topological polar surface area (TPSA) is 26.3 Å². The average molecular weight is 264 g/mol. The van der Waals surface area contributed by atoms with Crippen LogP contribution >= 0.6 is 11.8 Å². The number of hydrogen-bond acceptors (Lipinski definition) is 3. The lowest BCUT2D eigenvalue weighted by Gasteiger charge is -2.04. The molecule has 0 spiro atoms. The van der Waals surface area contributed by atoms with Crippen molar-refractivity contribution in [1.82, 2.24) is 0 Å². The highest BCUT2D eigenvalue weighted by Gasteiger charge is 1.93. The van der Waals surface area contributed by atoms with Gasteiger partial charge < -0.3 is 4.74 Å². The summed E-state index contributed by atoms with van der Waals surface area (Å²) in [7, 11) is 0. The van der Waals surface area contributed by atoms with Crippen molar-refractivity contribution < 1.29 is 9.53 Å². The van der Waals surface area contributed by atoms with Gasteiger partial charge in [0, 0.05) is 12.7 Å². The molecular formula is C15H20O2S. The summed E-state index contributed by atoms with van der Waals surface area (Å²) in [4.78, 5) is 10.7. The van der Waals surface area contributed by atoms with Crippen molar-refractivity contribution in [2.24, 2.45) is 0 Å². The largest absolute Gasteiger partial charge is 0.494 e. The first-order valence-electron chi connectivity index (χ1n) is 6.25. The van der Waals surface area contributed by atoms with Gasteiger partial charge >= 0.3 is 0 Å². The van der Waals surface area contributed by atoms with Crippen LogP contribution in [0.3, 0.4) is 0 Å². The van der Waals surface area contributed by atoms with Crippen LogP contribution in [0.5, 0.6) is 5.75 Å². The number of unbranched alkanes of at least 4 members (excludes halogenated alkanes) is 1. The molecular weight excluding hydrogens is 244 g/mol. The Balaban J connectivity index is 2.37. The van der Waals surface area contributed by atoms with Gasteiger partial charge in [0.2, 0.25) is 0 Å². The number of hydrogen-bond donors (Lipinski definition) is 0. The van der Waals surface area contributed by atoms with E-state index in [0.717, 1.165) is 36.5 Å². The normalized spacial score (nSPS) is 10.8. The summed E-state index contributed by atoms with van der Waals surface area (Å²) in [6.45, 7) is 4.51. The second-order valence-electron chi connectivity index (χ2n) is 3.98. The SMILES string of the molecule is CCCCOc1ccc(C=CCSC(C)=O)cc1. The number of thioether (sulfide) groups is 1. The second kappa shape index (κ2) is 8.81. The maximum Gasteiger partial charge on any atom is 0.186 e. The van der Waals surface area contributed by atoms with Crippen molar-refractivity contribution in [1.29, 1.82) is 0 Å². The summed E-state index contributed by atoms with van der Waals surface area (Å²) in [5.41, 5.74) is 1.13. The molecule has 0 heterocycles. The van der Waals surface area contributed by atoms with Crippen molar-refractivity contribution in [2.75, 3.05) is 12.4 Å². The third-order valence-electron chi connectivity index (χ3n) is 2.34. The predicted molar refractivity (Wildman–Crippen MR) is 79.0 cm³/mol. The summed E-state index contributed by atoms with van der Waals surface area (Å²) >= 11 is 1.32. The van der Waals surface area contributed by atoms with Crippen LogP contribution in [0.25, 0.3) is 6.08 Å². The Morgan fingerprint density at radius 3 is 2.67 bits per heavy atom. The van der Waals surface area contributed by atoms with E-state index in [1.165, 1.54) is 11.8 Å². The zero-order chi connectivity index (χ0) is 13.2. The third kappa shape index (κ3) is 6.50. The van der Waals surface area contributed by atoms with E-state index in [-0.39, 0.29) is 5.12 Å². The summed E-state index contributed by atoms with van der Waals surface area (Å²) in [6.07, 6.45) is 6.25. The quantitative estimate of drug-likeness (QED) is 0.692. The molecule has 0 unspecified atom stereocenters. The molecule has 2 nitrogen and oxygen atoms in total. The molecule has 0 saturated heterocycles. The van der Waals surface area contributed by atoms with Crippen molar-refractivity contribution in [2.45, 2.75) is 26.7 Å². The molecule has 1 rings (SSSR count). The molecule has 0 N–H and O–H groups in total. The van der Waals surface area contributed by atoms with Gasteiger partial charge in [-0.05, 0) is 24.1 Å². The number of rotatable bonds is 7. The Bertz CT molecular complexity index is 382. The standard InChI is InChI=1S/C15H20O2S/c1-3-4-11-17-15-9-7-14(8-10-15)6-5-12-18-13(2)16/h5-10H,3-4,11-12H2,1-2H3. The van der Waals surface area contributed by atoms with Gasteiger partial charge in [-0.3, -0.25) is 4.79 Å². The van der Waals surface area contributed by atoms with E-state index < -0.39 is 0 Å². The van der Waals surface area contributed by atoms with Crippen LogP contribution in [-0.2, 0) is 4.79 Å². The monoisotopic (exact) mass is 264 g/mol. The lowest BCUT2D eigenvalue weighted by Crippen LogP contribution is -1.95. The van der Waals surface area contributed by atoms with E-state index in [9.17, 15) is 4.79 Å². The van der Waals surface area contributed by atoms with Gasteiger partial charge in [-0.1, -0.05) is 49.4 Å². The molecule has 0 aromatic heterocycles. The van der Waals surface area contributed by atoms with E-state index >= 15 is 0 Å². The highest BCUT2D eigenvalue weighted by Crippen LogP contribution is 2.14. The first-order chi connectivity index (χ1) is 8.72. The van der Waals surface area contributed by atoms with Gasteiger partial charge in [0.05, 0.1) is 6.61 Å². The van der Waals surface area contributed by atoms with Crippen LogP contribution in [0, 0.1) is 0 Å². The lowest BCUT2D eigenvalue weighted by molar-refractivity contribution is -0.109. The zero-order valence-corrected chi connectivity index (χ0v) is 11.8. The van der Waals surface area contributed by atoms with Crippen LogP contribution in [0.2, 0.25) is 0 Å². The number of carbonyl (C=O) groups excluding carboxylic acids is 1. The minimum absolute atomic E-state index is 0.152. The fraction of sp³-hybridized carbons (Fsp3) is 0.400. The molecule has 0 aliphatic heterocycles. The highest BCUT2D eigenvalue weighted by molar-refractivity contribution is 8.13. The van der Waals surface area contributed by atoms with Gasteiger partial charge in [-0.2, -0.15) is 0 Å². The summed E-state index contributed by atoms with van der Waals surface area (Å²) in [6, 6.07) is 8.01. The fourth-order valence-corrected chi connectivity index (χ4v) is 1.79. The van der Waals surface area contributed by atoms with Gasteiger partial charge in [-0.15, -0.1) is 0 Å². The zero-order valence-electron chi connectivity index (χ0n) is 11.0. The van der Waals surface area contributed by atoms with Crippen molar-refractivity contribution in [3.63, 3.8) is 0 Å². The first kappa shape index (κ1) is 14.8. The number of benzene rings is 1. The molecule has 0 aliphatic rings. The fourth-order valence-electron chi connectivity index (χ4n) is 1.36. The van der Waals surface area contributed by atoms with E-state index in [4.69, 9.17) is 4.74 Å². The Morgan fingerprint density at radius 1 is 1.33 bits per heavy atom. The van der Waals surface area contributed by atoms with Gasteiger partial charge in [0.1, 0.15) is 5.75 Å². The lowest BCUT2D eigenvalue weighted by atomic mass is 10.2. The van der Waals surface area contributed by atoms with Crippen LogP contribution in [0.15, 0.2) is 30.3 Å². The number of carbonyl (C=O) groups is 1. The van der Waals surface area contributed by atoms with Crippen molar-refractivity contribution in [3.8, 4) is 5.75 Å². The minimum Gasteiger partial charge on any atom is -0.494 e. The summed E-state index contributed by atoms with van der Waals surface area (Å²) in [5, 5.41) is 0.152. The number of ether oxygens (including phenoxy) is 1. The predicted octanol–water partition coefficient (Wildman–Crippen LogP) is 4.16. The van der Waals surface area contributed by atoms with Crippen LogP contribution in [0.1, 0.15) is 32.3 Å². The Kier molecular flexibility index (Phi) is 7.26. The van der Waals surface area contributed by atoms with E-state index in [0.29, 0.717) is 0 Å². The Labute approximate surface area is 113 Å². The molecule has 98 valence electrons. The molecule has 3 heteroatoms. The maximum absolute atomic E-state index is 10.7. The van der Waals surface area contributed by atoms with Crippen molar-refractivity contribution in [3.05, 3.63) is 35.9 Å². The van der Waals surface area contributed by atoms with Crippen LogP contribution < -0.4 is 4.74 Å². The first-order valence-corrected chi connectivity index (χ1v) is 7.23. The summed E-state index contributed by atoms with van der Waals surface area (Å²) < 4.78 is 5.59. The van der Waals surface area contributed by atoms with Gasteiger partial charge in [-0.25, -0.2) is 0 Å². The molecule has 1 aromatic rings. The molecule has 0 radical (unpaired) electrons. The molecule has 0 saturated carbocycles. The Morgan fingerprint density at radius 2 is 2.06 bits per heavy atom. The molecule has 1 aromatic carbocycles. The molecule has 18 heavy (non-hydrogen) atoms. The van der Waals surface area contributed by atoms with Gasteiger partial charge in [0.25, 0.3) is 0 Å². The summed E-state index contributed by atoms with van der Waals surface area (Å²) in [5.74, 6) is 1.64. The molecule has 0 amide bonds. The van der Waals surface area contributed by atoms with E-state index in [2.05, 4.69) is 6.92 Å². The van der Waals surface area contributed by atoms with E-state index in [1.807, 2.05) is 36.4 Å². The average Bonchev–Trinajstić information content (AvgIpc) is 2.36. The van der Waals surface area contributed by atoms with Gasteiger partial charge in [0.15, 0.2) is 5.12 Å². The second-order valence-corrected chi connectivity index (χ2v) is 5.17.